The molecule has 1 N–H and O–H groups in total. The maximum Gasteiger partial charge on any atom is 0.407 e. The fraction of sp³-hybridized carbons (Fsp3) is 0.438. The zero-order valence-electron chi connectivity index (χ0n) is 12.2. The van der Waals surface area contributed by atoms with Crippen LogP contribution in [0.15, 0.2) is 36.9 Å². The number of hydrogen-bond acceptors (Lipinski definition) is 2. The summed E-state index contributed by atoms with van der Waals surface area (Å²) < 4.78 is 0. The number of carboxylic acid groups (broad SMARTS) is 1. The Hall–Kier alpha value is -1.52. The van der Waals surface area contributed by atoms with Crippen LogP contribution in [0.4, 0.5) is 4.79 Å². The van der Waals surface area contributed by atoms with E-state index in [2.05, 4.69) is 11.5 Å². The number of hydrogen-bond donors (Lipinski definition) is 1. The van der Waals surface area contributed by atoms with Gasteiger partial charge in [-0.1, -0.05) is 36.7 Å². The molecule has 0 spiro atoms. The molecule has 1 saturated heterocycles. The molecule has 1 fully saturated rings. The quantitative estimate of drug-likeness (QED) is 0.864. The van der Waals surface area contributed by atoms with E-state index in [1.807, 2.05) is 37.3 Å². The third-order valence-corrected chi connectivity index (χ3v) is 4.28. The molecule has 1 aliphatic rings. The molecule has 1 unspecified atom stereocenters. The van der Waals surface area contributed by atoms with Crippen LogP contribution in [-0.2, 0) is 0 Å². The molecule has 0 radical (unpaired) electrons. The summed E-state index contributed by atoms with van der Waals surface area (Å²) in [5.41, 5.74) is 1.10. The van der Waals surface area contributed by atoms with E-state index in [1.165, 1.54) is 0 Å². The highest BCUT2D eigenvalue weighted by molar-refractivity contribution is 6.30. The summed E-state index contributed by atoms with van der Waals surface area (Å²) >= 11 is 5.96. The van der Waals surface area contributed by atoms with Crippen LogP contribution in [0.3, 0.4) is 0 Å². The summed E-state index contributed by atoms with van der Waals surface area (Å²) in [5, 5.41) is 10.1. The Morgan fingerprint density at radius 2 is 2.10 bits per heavy atom. The Labute approximate surface area is 130 Å². The Morgan fingerprint density at radius 3 is 2.62 bits per heavy atom. The summed E-state index contributed by atoms with van der Waals surface area (Å²) in [4.78, 5) is 15.3. The van der Waals surface area contributed by atoms with E-state index in [-0.39, 0.29) is 12.1 Å². The van der Waals surface area contributed by atoms with Gasteiger partial charge in [0.05, 0.1) is 12.1 Å². The minimum Gasteiger partial charge on any atom is -0.465 e. The van der Waals surface area contributed by atoms with Gasteiger partial charge in [0.1, 0.15) is 0 Å². The number of piperazine rings is 1. The number of halogens is 1. The van der Waals surface area contributed by atoms with Crippen LogP contribution in [0.25, 0.3) is 0 Å². The molecule has 5 heteroatoms. The van der Waals surface area contributed by atoms with Gasteiger partial charge < -0.3 is 10.0 Å². The van der Waals surface area contributed by atoms with Crippen molar-refractivity contribution < 1.29 is 9.90 Å². The van der Waals surface area contributed by atoms with Crippen molar-refractivity contribution in [1.82, 2.24) is 9.80 Å². The van der Waals surface area contributed by atoms with Gasteiger partial charge in [-0.15, -0.1) is 6.58 Å². The summed E-state index contributed by atoms with van der Waals surface area (Å²) in [7, 11) is 0. The maximum atomic E-state index is 11.5. The van der Waals surface area contributed by atoms with Gasteiger partial charge in [-0.2, -0.15) is 0 Å². The lowest BCUT2D eigenvalue weighted by Gasteiger charge is -2.46. The molecule has 4 nitrogen and oxygen atoms in total. The molecule has 1 heterocycles. The Morgan fingerprint density at radius 1 is 1.43 bits per heavy atom. The Kier molecular flexibility index (Phi) is 5.26. The molecule has 21 heavy (non-hydrogen) atoms. The molecule has 0 saturated carbocycles. The third kappa shape index (κ3) is 3.39. The first kappa shape index (κ1) is 15.9. The molecule has 2 rings (SSSR count). The molecular weight excluding hydrogens is 288 g/mol. The predicted octanol–water partition coefficient (Wildman–Crippen LogP) is 3.64. The zero-order chi connectivity index (χ0) is 15.4. The average molecular weight is 309 g/mol. The van der Waals surface area contributed by atoms with Crippen molar-refractivity contribution in [1.29, 1.82) is 0 Å². The van der Waals surface area contributed by atoms with Gasteiger partial charge in [0, 0.05) is 24.7 Å². The lowest BCUT2D eigenvalue weighted by atomic mass is 9.92. The number of amides is 1. The maximum absolute atomic E-state index is 11.5. The van der Waals surface area contributed by atoms with E-state index in [4.69, 9.17) is 11.6 Å². The van der Waals surface area contributed by atoms with Gasteiger partial charge in [0.15, 0.2) is 0 Å². The summed E-state index contributed by atoms with van der Waals surface area (Å²) in [6.45, 7) is 7.83. The van der Waals surface area contributed by atoms with Crippen LogP contribution < -0.4 is 0 Å². The first-order chi connectivity index (χ1) is 10.1. The van der Waals surface area contributed by atoms with Gasteiger partial charge in [-0.3, -0.25) is 4.90 Å². The number of carbonyl (C=O) groups is 1. The van der Waals surface area contributed by atoms with E-state index in [9.17, 15) is 9.90 Å². The van der Waals surface area contributed by atoms with Crippen molar-refractivity contribution in [2.24, 2.45) is 0 Å². The third-order valence-electron chi connectivity index (χ3n) is 4.03. The van der Waals surface area contributed by atoms with Crippen LogP contribution in [0, 0.1) is 0 Å². The average Bonchev–Trinajstić information content (AvgIpc) is 2.47. The molecule has 0 aliphatic carbocycles. The van der Waals surface area contributed by atoms with Crippen molar-refractivity contribution in [2.45, 2.75) is 25.4 Å². The summed E-state index contributed by atoms with van der Waals surface area (Å²) in [5.74, 6) is 0. The van der Waals surface area contributed by atoms with Crippen LogP contribution in [0.2, 0.25) is 5.02 Å². The second-order valence-electron chi connectivity index (χ2n) is 5.23. The van der Waals surface area contributed by atoms with E-state index < -0.39 is 6.09 Å². The fourth-order valence-corrected chi connectivity index (χ4v) is 3.23. The minimum atomic E-state index is -0.848. The second kappa shape index (κ2) is 6.96. The minimum absolute atomic E-state index is 0.0371. The van der Waals surface area contributed by atoms with Gasteiger partial charge in [-0.05, 0) is 24.1 Å². The van der Waals surface area contributed by atoms with Crippen LogP contribution in [-0.4, -0.2) is 46.7 Å². The van der Waals surface area contributed by atoms with Gasteiger partial charge >= 0.3 is 6.09 Å². The normalized spacial score (nSPS) is 23.0. The van der Waals surface area contributed by atoms with Crippen molar-refractivity contribution >= 4 is 17.7 Å². The molecule has 1 aromatic carbocycles. The standard InChI is InChI=1S/C16H21ClN2O2/c1-3-9-18-10-11-19(16(20)21)14(4-2)15(18)12-5-7-13(17)8-6-12/h3,5-8,14-15H,1,4,9-11H2,2H3,(H,20,21)/t14-,15?/m1/s1. The summed E-state index contributed by atoms with van der Waals surface area (Å²) in [6, 6.07) is 7.66. The lowest BCUT2D eigenvalue weighted by molar-refractivity contribution is 0.0271. The van der Waals surface area contributed by atoms with Crippen molar-refractivity contribution in [3.8, 4) is 0 Å². The van der Waals surface area contributed by atoms with E-state index >= 15 is 0 Å². The van der Waals surface area contributed by atoms with Gasteiger partial charge in [-0.25, -0.2) is 4.79 Å². The van der Waals surface area contributed by atoms with Gasteiger partial charge in [0.25, 0.3) is 0 Å². The van der Waals surface area contributed by atoms with Crippen molar-refractivity contribution in [2.75, 3.05) is 19.6 Å². The first-order valence-corrected chi connectivity index (χ1v) is 7.56. The highest BCUT2D eigenvalue weighted by Crippen LogP contribution is 2.33. The SMILES string of the molecule is C=CCN1CCN(C(=O)O)[C@H](CC)C1c1ccc(Cl)cc1. The number of nitrogens with zero attached hydrogens (tertiary/aromatic N) is 2. The largest absolute Gasteiger partial charge is 0.465 e. The van der Waals surface area contributed by atoms with Crippen LogP contribution in [0.5, 0.6) is 0 Å². The van der Waals surface area contributed by atoms with Crippen LogP contribution >= 0.6 is 11.6 Å². The molecule has 1 aromatic rings. The van der Waals surface area contributed by atoms with Crippen molar-refractivity contribution in [3.63, 3.8) is 0 Å². The fourth-order valence-electron chi connectivity index (χ4n) is 3.10. The topological polar surface area (TPSA) is 43.8 Å². The van der Waals surface area contributed by atoms with E-state index in [0.29, 0.717) is 18.1 Å². The molecule has 2 atom stereocenters. The molecule has 0 aromatic heterocycles. The zero-order valence-corrected chi connectivity index (χ0v) is 13.0. The Balaban J connectivity index is 2.37. The summed E-state index contributed by atoms with van der Waals surface area (Å²) in [6.07, 6.45) is 1.79. The molecule has 114 valence electrons. The first-order valence-electron chi connectivity index (χ1n) is 7.18. The smallest absolute Gasteiger partial charge is 0.407 e. The Bertz CT molecular complexity index is 504. The molecule has 1 amide bonds. The van der Waals surface area contributed by atoms with Crippen LogP contribution in [0.1, 0.15) is 24.9 Å². The molecule has 0 bridgehead atoms. The number of benzene rings is 1. The number of rotatable bonds is 4. The lowest BCUT2D eigenvalue weighted by Crippen LogP contribution is -2.56. The highest BCUT2D eigenvalue weighted by atomic mass is 35.5. The molecule has 1 aliphatic heterocycles. The second-order valence-corrected chi connectivity index (χ2v) is 5.67. The molecular formula is C16H21ClN2O2. The van der Waals surface area contributed by atoms with Crippen molar-refractivity contribution in [3.05, 3.63) is 47.5 Å². The predicted molar refractivity (Wildman–Crippen MR) is 84.8 cm³/mol. The van der Waals surface area contributed by atoms with E-state index in [1.54, 1.807) is 4.90 Å². The van der Waals surface area contributed by atoms with E-state index in [0.717, 1.165) is 18.5 Å². The monoisotopic (exact) mass is 308 g/mol. The highest BCUT2D eigenvalue weighted by Gasteiger charge is 2.38. The van der Waals surface area contributed by atoms with Gasteiger partial charge in [0.2, 0.25) is 0 Å².